The van der Waals surface area contributed by atoms with E-state index < -0.39 is 5.25 Å². The zero-order valence-corrected chi connectivity index (χ0v) is 12.6. The Hall–Kier alpha value is -2.14. The molecule has 108 valence electrons. The highest BCUT2D eigenvalue weighted by molar-refractivity contribution is 8.00. The fourth-order valence-corrected chi connectivity index (χ4v) is 3.68. The molecule has 0 aromatic heterocycles. The van der Waals surface area contributed by atoms with Crippen molar-refractivity contribution in [2.24, 2.45) is 0 Å². The number of ether oxygens (including phenoxy) is 1. The molecule has 0 aliphatic carbocycles. The second kappa shape index (κ2) is 5.33. The Morgan fingerprint density at radius 3 is 2.76 bits per heavy atom. The number of methoxy groups -OCH3 is 1. The number of rotatable bonds is 2. The lowest BCUT2D eigenvalue weighted by molar-refractivity contribution is -0.118. The number of para-hydroxylation sites is 1. The van der Waals surface area contributed by atoms with Gasteiger partial charge in [0, 0.05) is 17.5 Å². The summed E-state index contributed by atoms with van der Waals surface area (Å²) in [6.07, 6.45) is 0. The average molecular weight is 301 g/mol. The Balaban J connectivity index is 2.06. The number of anilines is 1. The first-order chi connectivity index (χ1) is 10.1. The highest BCUT2D eigenvalue weighted by atomic mass is 32.2. The highest BCUT2D eigenvalue weighted by Gasteiger charge is 2.34. The molecule has 2 aromatic rings. The number of fused-ring (bicyclic) bond motifs is 1. The van der Waals surface area contributed by atoms with Gasteiger partial charge in [-0.05, 0) is 30.3 Å². The van der Waals surface area contributed by atoms with Gasteiger partial charge in [0.15, 0.2) is 0 Å². The number of benzene rings is 2. The molecular weight excluding hydrogens is 286 g/mol. The van der Waals surface area contributed by atoms with E-state index in [1.54, 1.807) is 37.3 Å². The average Bonchev–Trinajstić information content (AvgIpc) is 2.52. The summed E-state index contributed by atoms with van der Waals surface area (Å²) in [5.74, 6) is 0.675. The maximum Gasteiger partial charge on any atom is 0.244 e. The van der Waals surface area contributed by atoms with Crippen molar-refractivity contribution in [3.8, 4) is 11.5 Å². The fourth-order valence-electron chi connectivity index (χ4n) is 2.37. The van der Waals surface area contributed by atoms with Crippen molar-refractivity contribution in [2.45, 2.75) is 10.1 Å². The Morgan fingerprint density at radius 2 is 2.00 bits per heavy atom. The second-order valence-electron chi connectivity index (χ2n) is 4.79. The molecular formula is C16H15NO3S. The summed E-state index contributed by atoms with van der Waals surface area (Å²) in [4.78, 5) is 15.2. The van der Waals surface area contributed by atoms with Crippen LogP contribution >= 0.6 is 11.8 Å². The number of phenols is 1. The van der Waals surface area contributed by atoms with Gasteiger partial charge in [0.05, 0.1) is 12.8 Å². The van der Waals surface area contributed by atoms with E-state index in [0.29, 0.717) is 11.3 Å². The molecule has 1 aliphatic rings. The molecule has 4 nitrogen and oxygen atoms in total. The second-order valence-corrected chi connectivity index (χ2v) is 5.93. The van der Waals surface area contributed by atoms with Gasteiger partial charge < -0.3 is 14.7 Å². The monoisotopic (exact) mass is 301 g/mol. The van der Waals surface area contributed by atoms with E-state index in [9.17, 15) is 9.90 Å². The molecule has 5 heteroatoms. The van der Waals surface area contributed by atoms with Gasteiger partial charge in [0.25, 0.3) is 0 Å². The summed E-state index contributed by atoms with van der Waals surface area (Å²) in [6.45, 7) is 0. The maximum absolute atomic E-state index is 12.6. The number of carbonyl (C=O) groups excluding carboxylic acids is 1. The summed E-state index contributed by atoms with van der Waals surface area (Å²) < 4.78 is 5.19. The van der Waals surface area contributed by atoms with Gasteiger partial charge in [0.2, 0.25) is 5.91 Å². The van der Waals surface area contributed by atoms with E-state index in [0.717, 1.165) is 10.6 Å². The number of hydrogen-bond acceptors (Lipinski definition) is 4. The Morgan fingerprint density at radius 1 is 1.24 bits per heavy atom. The lowest BCUT2D eigenvalue weighted by Crippen LogP contribution is -2.33. The molecule has 3 rings (SSSR count). The third kappa shape index (κ3) is 2.34. The number of likely N-dealkylation sites (N-methyl/N-ethyl adjacent to an activating group) is 1. The molecule has 21 heavy (non-hydrogen) atoms. The quantitative estimate of drug-likeness (QED) is 0.925. The molecule has 0 radical (unpaired) electrons. The molecule has 1 aliphatic heterocycles. The summed E-state index contributed by atoms with van der Waals surface area (Å²) in [5.41, 5.74) is 1.47. The van der Waals surface area contributed by atoms with Crippen LogP contribution in [0.15, 0.2) is 47.4 Å². The standard InChI is InChI=1S/C16H15NO3S/c1-17-12-5-3-4-6-14(12)21-15(16(17)19)11-9-10(20-2)7-8-13(11)18/h3-9,15,18H,1-2H3/t15-/m1/s1. The summed E-state index contributed by atoms with van der Waals surface area (Å²) in [5, 5.41) is 9.62. The number of nitrogens with zero attached hydrogens (tertiary/aromatic N) is 1. The summed E-state index contributed by atoms with van der Waals surface area (Å²) in [6, 6.07) is 12.7. The van der Waals surface area contributed by atoms with Crippen molar-refractivity contribution in [2.75, 3.05) is 19.1 Å². The van der Waals surface area contributed by atoms with Gasteiger partial charge in [0.1, 0.15) is 16.7 Å². The van der Waals surface area contributed by atoms with Gasteiger partial charge in [-0.3, -0.25) is 4.79 Å². The first kappa shape index (κ1) is 13.8. The normalized spacial score (nSPS) is 17.5. The largest absolute Gasteiger partial charge is 0.508 e. The van der Waals surface area contributed by atoms with Crippen molar-refractivity contribution in [1.82, 2.24) is 0 Å². The van der Waals surface area contributed by atoms with E-state index >= 15 is 0 Å². The molecule has 2 aromatic carbocycles. The first-order valence-corrected chi connectivity index (χ1v) is 7.40. The van der Waals surface area contributed by atoms with Crippen LogP contribution in [0.1, 0.15) is 10.8 Å². The Bertz CT molecular complexity index is 702. The summed E-state index contributed by atoms with van der Waals surface area (Å²) in [7, 11) is 3.32. The number of aromatic hydroxyl groups is 1. The van der Waals surface area contributed by atoms with Crippen LogP contribution in [0, 0.1) is 0 Å². The molecule has 1 atom stereocenters. The minimum atomic E-state index is -0.472. The van der Waals surface area contributed by atoms with Crippen LogP contribution in [0.4, 0.5) is 5.69 Å². The van der Waals surface area contributed by atoms with E-state index in [-0.39, 0.29) is 11.7 Å². The van der Waals surface area contributed by atoms with Crippen molar-refractivity contribution in [3.05, 3.63) is 48.0 Å². The van der Waals surface area contributed by atoms with E-state index in [4.69, 9.17) is 4.74 Å². The van der Waals surface area contributed by atoms with Crippen molar-refractivity contribution in [1.29, 1.82) is 0 Å². The minimum Gasteiger partial charge on any atom is -0.508 e. The molecule has 0 saturated carbocycles. The Labute approximate surface area is 127 Å². The van der Waals surface area contributed by atoms with Gasteiger partial charge in [-0.2, -0.15) is 0 Å². The lowest BCUT2D eigenvalue weighted by Gasteiger charge is -2.31. The van der Waals surface area contributed by atoms with Gasteiger partial charge in [-0.25, -0.2) is 0 Å². The molecule has 0 saturated heterocycles. The molecule has 1 amide bonds. The third-order valence-corrected chi connectivity index (χ3v) is 4.83. The molecule has 0 bridgehead atoms. The number of carbonyl (C=O) groups is 1. The van der Waals surface area contributed by atoms with Crippen molar-refractivity contribution >= 4 is 23.4 Å². The molecule has 1 heterocycles. The van der Waals surface area contributed by atoms with Gasteiger partial charge in [-0.1, -0.05) is 12.1 Å². The smallest absolute Gasteiger partial charge is 0.244 e. The van der Waals surface area contributed by atoms with E-state index in [2.05, 4.69) is 0 Å². The van der Waals surface area contributed by atoms with E-state index in [1.807, 2.05) is 24.3 Å². The predicted octanol–water partition coefficient (Wildman–Crippen LogP) is 3.21. The van der Waals surface area contributed by atoms with Crippen LogP contribution in [0.3, 0.4) is 0 Å². The SMILES string of the molecule is COc1ccc(O)c([C@H]2Sc3ccccc3N(C)C2=O)c1. The minimum absolute atomic E-state index is 0.0535. The number of thioether (sulfide) groups is 1. The van der Waals surface area contributed by atoms with Gasteiger partial charge >= 0.3 is 0 Å². The number of phenolic OH excluding ortho intramolecular Hbond substituents is 1. The first-order valence-electron chi connectivity index (χ1n) is 6.52. The van der Waals surface area contributed by atoms with Crippen molar-refractivity contribution in [3.63, 3.8) is 0 Å². The van der Waals surface area contributed by atoms with Crippen LogP contribution in [0.2, 0.25) is 0 Å². The molecule has 0 fully saturated rings. The number of amides is 1. The molecule has 0 unspecified atom stereocenters. The van der Waals surface area contributed by atoms with Crippen LogP contribution in [-0.4, -0.2) is 25.2 Å². The van der Waals surface area contributed by atoms with Crippen molar-refractivity contribution < 1.29 is 14.6 Å². The molecule has 1 N–H and O–H groups in total. The lowest BCUT2D eigenvalue weighted by atomic mass is 10.1. The fraction of sp³-hybridized carbons (Fsp3) is 0.188. The Kier molecular flexibility index (Phi) is 3.51. The van der Waals surface area contributed by atoms with Crippen LogP contribution in [0.5, 0.6) is 11.5 Å². The number of hydrogen-bond donors (Lipinski definition) is 1. The van der Waals surface area contributed by atoms with Crippen LogP contribution in [0.25, 0.3) is 0 Å². The topological polar surface area (TPSA) is 49.8 Å². The predicted molar refractivity (Wildman–Crippen MR) is 83.1 cm³/mol. The highest BCUT2D eigenvalue weighted by Crippen LogP contribution is 2.48. The summed E-state index contributed by atoms with van der Waals surface area (Å²) >= 11 is 1.45. The molecule has 0 spiro atoms. The van der Waals surface area contributed by atoms with Crippen LogP contribution < -0.4 is 9.64 Å². The maximum atomic E-state index is 12.6. The zero-order valence-electron chi connectivity index (χ0n) is 11.7. The zero-order chi connectivity index (χ0) is 15.0. The van der Waals surface area contributed by atoms with Crippen LogP contribution in [-0.2, 0) is 4.79 Å². The third-order valence-electron chi connectivity index (χ3n) is 3.54. The van der Waals surface area contributed by atoms with Gasteiger partial charge in [-0.15, -0.1) is 11.8 Å². The van der Waals surface area contributed by atoms with E-state index in [1.165, 1.54) is 11.8 Å².